The Labute approximate surface area is 209 Å². The van der Waals surface area contributed by atoms with Crippen molar-refractivity contribution in [2.45, 2.75) is 18.8 Å². The van der Waals surface area contributed by atoms with Crippen molar-refractivity contribution in [3.05, 3.63) is 64.8 Å². The van der Waals surface area contributed by atoms with Gasteiger partial charge in [0.15, 0.2) is 12.2 Å². The Kier molecular flexibility index (Phi) is 6.18. The number of hydrogen-bond acceptors (Lipinski definition) is 8. The summed E-state index contributed by atoms with van der Waals surface area (Å²) < 4.78 is 0. The van der Waals surface area contributed by atoms with Crippen LogP contribution in [-0.2, 0) is 16.1 Å². The predicted molar refractivity (Wildman–Crippen MR) is 132 cm³/mol. The van der Waals surface area contributed by atoms with E-state index in [1.165, 1.54) is 22.6 Å². The molecular weight excluding hydrogens is 490 g/mol. The van der Waals surface area contributed by atoms with Crippen LogP contribution >= 0.6 is 22.9 Å². The number of nitrogens with zero attached hydrogens (tertiary/aromatic N) is 6. The van der Waals surface area contributed by atoms with Gasteiger partial charge >= 0.3 is 6.03 Å². The summed E-state index contributed by atoms with van der Waals surface area (Å²) in [6.07, 6.45) is 2.35. The number of urea groups is 1. The molecule has 3 aromatic rings. The molecule has 0 spiro atoms. The van der Waals surface area contributed by atoms with Crippen molar-refractivity contribution < 1.29 is 14.4 Å². The molecule has 1 N–H and O–H groups in total. The highest BCUT2D eigenvalue weighted by atomic mass is 35.5. The molecule has 10 nitrogen and oxygen atoms in total. The first-order valence-corrected chi connectivity index (χ1v) is 11.9. The minimum absolute atomic E-state index is 0.0401. The Morgan fingerprint density at radius 1 is 1.17 bits per heavy atom. The lowest BCUT2D eigenvalue weighted by Gasteiger charge is -2.40. The number of thiazole rings is 1. The number of hydrogen-bond donors (Lipinski definition) is 1. The van der Waals surface area contributed by atoms with Crippen molar-refractivity contribution in [1.29, 1.82) is 0 Å². The number of aliphatic imine (C=N–C) groups is 1. The maximum Gasteiger partial charge on any atom is 0.328 e. The standard InChI is InChI=1S/C23H20ClN7O3S/c1-29-20-19(22(33)31(23(29)34)10-16-4-2-3-9-25-16)30(13-26-20)11-18(32)27-17-12-35-21(28-17)14-5-7-15(24)8-6-14/h2-9,12-13,19-20H,10-11H2,1H3,(H,27,32). The van der Waals surface area contributed by atoms with Crippen LogP contribution in [0.1, 0.15) is 5.69 Å². The van der Waals surface area contributed by atoms with E-state index in [2.05, 4.69) is 20.3 Å². The molecule has 0 bridgehead atoms. The Hall–Kier alpha value is -3.83. The van der Waals surface area contributed by atoms with E-state index in [1.54, 1.807) is 53.9 Å². The number of amides is 4. The van der Waals surface area contributed by atoms with Crippen LogP contribution in [0.25, 0.3) is 10.6 Å². The third-order valence-electron chi connectivity index (χ3n) is 5.69. The number of aromatic nitrogens is 2. The largest absolute Gasteiger partial charge is 0.338 e. The molecule has 0 radical (unpaired) electrons. The summed E-state index contributed by atoms with van der Waals surface area (Å²) in [5.74, 6) is -0.363. The van der Waals surface area contributed by atoms with Crippen LogP contribution in [0, 0.1) is 0 Å². The maximum atomic E-state index is 13.3. The van der Waals surface area contributed by atoms with E-state index in [9.17, 15) is 14.4 Å². The van der Waals surface area contributed by atoms with Crippen molar-refractivity contribution in [2.75, 3.05) is 18.9 Å². The summed E-state index contributed by atoms with van der Waals surface area (Å²) in [7, 11) is 1.59. The van der Waals surface area contributed by atoms with Gasteiger partial charge in [0, 0.05) is 29.2 Å². The number of anilines is 1. The molecule has 2 unspecified atom stereocenters. The molecule has 0 aliphatic carbocycles. The fourth-order valence-electron chi connectivity index (χ4n) is 3.96. The molecule has 5 rings (SSSR count). The van der Waals surface area contributed by atoms with E-state index >= 15 is 0 Å². The van der Waals surface area contributed by atoms with Gasteiger partial charge < -0.3 is 15.1 Å². The van der Waals surface area contributed by atoms with Crippen molar-refractivity contribution in [3.8, 4) is 10.6 Å². The van der Waals surface area contributed by atoms with Gasteiger partial charge in [0.1, 0.15) is 10.8 Å². The zero-order valence-corrected chi connectivity index (χ0v) is 20.1. The highest BCUT2D eigenvalue weighted by Gasteiger charge is 2.50. The number of halogens is 1. The van der Waals surface area contributed by atoms with Gasteiger partial charge in [-0.2, -0.15) is 0 Å². The maximum absolute atomic E-state index is 13.3. The van der Waals surface area contributed by atoms with Gasteiger partial charge in [0.25, 0.3) is 5.91 Å². The number of pyridine rings is 1. The molecule has 12 heteroatoms. The Morgan fingerprint density at radius 2 is 1.97 bits per heavy atom. The first-order valence-electron chi connectivity index (χ1n) is 10.7. The van der Waals surface area contributed by atoms with E-state index in [1.807, 2.05) is 12.1 Å². The minimum Gasteiger partial charge on any atom is -0.338 e. The lowest BCUT2D eigenvalue weighted by Crippen LogP contribution is -2.64. The van der Waals surface area contributed by atoms with Crippen LogP contribution in [-0.4, -0.2) is 74.7 Å². The summed E-state index contributed by atoms with van der Waals surface area (Å²) in [5, 5.41) is 5.89. The Bertz CT molecular complexity index is 1300. The lowest BCUT2D eigenvalue weighted by atomic mass is 10.1. The van der Waals surface area contributed by atoms with Crippen LogP contribution in [0.15, 0.2) is 59.0 Å². The smallest absolute Gasteiger partial charge is 0.328 e. The van der Waals surface area contributed by atoms with Gasteiger partial charge in [-0.15, -0.1) is 11.3 Å². The minimum atomic E-state index is -0.799. The zero-order valence-electron chi connectivity index (χ0n) is 18.5. The van der Waals surface area contributed by atoms with E-state index < -0.39 is 24.1 Å². The molecule has 1 saturated heterocycles. The molecule has 35 heavy (non-hydrogen) atoms. The van der Waals surface area contributed by atoms with Crippen molar-refractivity contribution >= 4 is 52.9 Å². The normalized spacial score (nSPS) is 19.3. The average Bonchev–Trinajstić information content (AvgIpc) is 3.49. The van der Waals surface area contributed by atoms with Gasteiger partial charge in [0.05, 0.1) is 25.1 Å². The highest BCUT2D eigenvalue weighted by Crippen LogP contribution is 2.28. The Morgan fingerprint density at radius 3 is 2.71 bits per heavy atom. The number of imide groups is 1. The fraction of sp³-hybridized carbons (Fsp3) is 0.217. The SMILES string of the molecule is CN1C(=O)N(Cc2ccccn2)C(=O)C2C1N=CN2CC(=O)Nc1csc(-c2ccc(Cl)cc2)n1. The molecule has 2 atom stereocenters. The second kappa shape index (κ2) is 9.43. The van der Waals surface area contributed by atoms with Gasteiger partial charge in [-0.1, -0.05) is 29.8 Å². The van der Waals surface area contributed by atoms with E-state index in [0.29, 0.717) is 16.5 Å². The summed E-state index contributed by atoms with van der Waals surface area (Å²) >= 11 is 7.33. The number of fused-ring (bicyclic) bond motifs is 1. The van der Waals surface area contributed by atoms with Gasteiger partial charge in [0.2, 0.25) is 5.91 Å². The van der Waals surface area contributed by atoms with E-state index in [-0.39, 0.29) is 19.0 Å². The van der Waals surface area contributed by atoms with Crippen molar-refractivity contribution in [3.63, 3.8) is 0 Å². The second-order valence-electron chi connectivity index (χ2n) is 8.03. The number of nitrogens with one attached hydrogen (secondary N) is 1. The Balaban J connectivity index is 1.26. The topological polar surface area (TPSA) is 111 Å². The molecule has 2 aromatic heterocycles. The quantitative estimate of drug-likeness (QED) is 0.547. The highest BCUT2D eigenvalue weighted by molar-refractivity contribution is 7.13. The third-order valence-corrected chi connectivity index (χ3v) is 6.83. The summed E-state index contributed by atoms with van der Waals surface area (Å²) in [6, 6.07) is 11.3. The summed E-state index contributed by atoms with van der Waals surface area (Å²) in [6.45, 7) is -0.0813. The van der Waals surface area contributed by atoms with E-state index in [4.69, 9.17) is 11.6 Å². The van der Waals surface area contributed by atoms with Crippen LogP contribution in [0.3, 0.4) is 0 Å². The first-order chi connectivity index (χ1) is 16.9. The number of likely N-dealkylation sites (N-methyl/N-ethyl adjacent to an activating group) is 1. The van der Waals surface area contributed by atoms with Gasteiger partial charge in [-0.3, -0.25) is 19.5 Å². The molecular formula is C23H20ClN7O3S. The molecule has 4 amide bonds. The second-order valence-corrected chi connectivity index (χ2v) is 9.32. The van der Waals surface area contributed by atoms with Crippen molar-refractivity contribution in [2.24, 2.45) is 4.99 Å². The number of carbonyl (C=O) groups excluding carboxylic acids is 3. The molecule has 0 saturated carbocycles. The lowest BCUT2D eigenvalue weighted by molar-refractivity contribution is -0.138. The van der Waals surface area contributed by atoms with Gasteiger partial charge in [-0.25, -0.2) is 14.8 Å². The third kappa shape index (κ3) is 4.60. The van der Waals surface area contributed by atoms with Crippen molar-refractivity contribution in [1.82, 2.24) is 24.7 Å². The zero-order chi connectivity index (χ0) is 24.5. The average molecular weight is 510 g/mol. The number of rotatable bonds is 6. The molecule has 2 aliphatic heterocycles. The predicted octanol–water partition coefficient (Wildman–Crippen LogP) is 2.93. The molecule has 2 aliphatic rings. The van der Waals surface area contributed by atoms with Crippen LogP contribution < -0.4 is 5.32 Å². The molecule has 178 valence electrons. The molecule has 1 aromatic carbocycles. The van der Waals surface area contributed by atoms with Crippen LogP contribution in [0.4, 0.5) is 10.6 Å². The van der Waals surface area contributed by atoms with Crippen LogP contribution in [0.2, 0.25) is 5.02 Å². The van der Waals surface area contributed by atoms with E-state index in [0.717, 1.165) is 15.5 Å². The molecule has 4 heterocycles. The van der Waals surface area contributed by atoms with Crippen LogP contribution in [0.5, 0.6) is 0 Å². The summed E-state index contributed by atoms with van der Waals surface area (Å²) in [4.78, 5) is 55.9. The molecule has 1 fully saturated rings. The first kappa shape index (κ1) is 22.9. The number of carbonyl (C=O) groups is 3. The summed E-state index contributed by atoms with van der Waals surface area (Å²) in [5.41, 5.74) is 1.48. The monoisotopic (exact) mass is 509 g/mol. The number of benzene rings is 1. The van der Waals surface area contributed by atoms with Gasteiger partial charge in [-0.05, 0) is 24.3 Å². The fourth-order valence-corrected chi connectivity index (χ4v) is 4.84.